The lowest BCUT2D eigenvalue weighted by atomic mass is 10.1. The Hall–Kier alpha value is -3.74. The lowest BCUT2D eigenvalue weighted by Gasteiger charge is -2.11. The van der Waals surface area contributed by atoms with Crippen LogP contribution in [0.2, 0.25) is 0 Å². The Labute approximate surface area is 181 Å². The Morgan fingerprint density at radius 2 is 1.84 bits per heavy atom. The highest BCUT2D eigenvalue weighted by atomic mass is 16.5. The van der Waals surface area contributed by atoms with Crippen LogP contribution in [0.4, 0.5) is 0 Å². The van der Waals surface area contributed by atoms with Crippen LogP contribution in [0, 0.1) is 13.8 Å². The fraction of sp³-hybridized carbons (Fsp3) is 0.250. The molecule has 2 aromatic carbocycles. The summed E-state index contributed by atoms with van der Waals surface area (Å²) in [5.74, 6) is 2.44. The predicted molar refractivity (Wildman–Crippen MR) is 117 cm³/mol. The van der Waals surface area contributed by atoms with Crippen LogP contribution in [0.15, 0.2) is 53.1 Å². The van der Waals surface area contributed by atoms with Crippen LogP contribution in [-0.2, 0) is 17.9 Å². The van der Waals surface area contributed by atoms with Gasteiger partial charge >= 0.3 is 0 Å². The molecule has 0 saturated carbocycles. The van der Waals surface area contributed by atoms with Gasteiger partial charge in [0, 0.05) is 18.2 Å². The fourth-order valence-corrected chi connectivity index (χ4v) is 3.03. The number of benzene rings is 2. The standard InChI is InChI=1S/C24H26N2O5/c1-16-20(17(2)31-26-16)15-30-22-11-9-18(13-23(22)29-4)10-12-24(27)25-14-19-7-5-6-8-21(19)28-3/h5-13H,14-15H2,1-4H3,(H,25,27)/b12-10+. The van der Waals surface area contributed by atoms with E-state index in [0.717, 1.165) is 33.9 Å². The number of nitrogens with one attached hydrogen (secondary N) is 1. The molecule has 0 aliphatic heterocycles. The van der Waals surface area contributed by atoms with Crippen LogP contribution < -0.4 is 19.5 Å². The van der Waals surface area contributed by atoms with E-state index in [1.165, 1.54) is 6.08 Å². The number of aromatic nitrogens is 1. The molecule has 0 aliphatic carbocycles. The summed E-state index contributed by atoms with van der Waals surface area (Å²) in [5, 5.41) is 6.78. The zero-order valence-corrected chi connectivity index (χ0v) is 18.1. The van der Waals surface area contributed by atoms with Crippen LogP contribution in [0.1, 0.15) is 28.1 Å². The molecule has 1 amide bonds. The van der Waals surface area contributed by atoms with Crippen LogP contribution in [-0.4, -0.2) is 25.3 Å². The van der Waals surface area contributed by atoms with Crippen molar-refractivity contribution in [3.05, 3.63) is 76.7 Å². The first kappa shape index (κ1) is 22.0. The monoisotopic (exact) mass is 422 g/mol. The second-order valence-electron chi connectivity index (χ2n) is 6.86. The van der Waals surface area contributed by atoms with Crippen molar-refractivity contribution in [3.63, 3.8) is 0 Å². The van der Waals surface area contributed by atoms with Gasteiger partial charge in [-0.3, -0.25) is 4.79 Å². The Balaban J connectivity index is 1.61. The highest BCUT2D eigenvalue weighted by Crippen LogP contribution is 2.30. The molecule has 162 valence electrons. The van der Waals surface area contributed by atoms with Gasteiger partial charge in [0.2, 0.25) is 5.91 Å². The van der Waals surface area contributed by atoms with Gasteiger partial charge in [-0.15, -0.1) is 0 Å². The summed E-state index contributed by atoms with van der Waals surface area (Å²) < 4.78 is 21.8. The summed E-state index contributed by atoms with van der Waals surface area (Å²) in [7, 11) is 3.18. The fourth-order valence-electron chi connectivity index (χ4n) is 3.03. The second-order valence-corrected chi connectivity index (χ2v) is 6.86. The topological polar surface area (TPSA) is 82.8 Å². The highest BCUT2D eigenvalue weighted by molar-refractivity contribution is 5.91. The number of carbonyl (C=O) groups excluding carboxylic acids is 1. The molecule has 0 spiro atoms. The number of rotatable bonds is 9. The van der Waals surface area contributed by atoms with E-state index < -0.39 is 0 Å². The van der Waals surface area contributed by atoms with E-state index in [9.17, 15) is 4.79 Å². The maximum Gasteiger partial charge on any atom is 0.244 e. The first-order valence-electron chi connectivity index (χ1n) is 9.82. The van der Waals surface area contributed by atoms with Crippen LogP contribution >= 0.6 is 0 Å². The normalized spacial score (nSPS) is 10.8. The smallest absolute Gasteiger partial charge is 0.244 e. The molecule has 0 fully saturated rings. The molecule has 0 atom stereocenters. The van der Waals surface area contributed by atoms with E-state index in [1.54, 1.807) is 20.3 Å². The molecule has 31 heavy (non-hydrogen) atoms. The maximum atomic E-state index is 12.2. The van der Waals surface area contributed by atoms with Crippen LogP contribution in [0.5, 0.6) is 17.2 Å². The lowest BCUT2D eigenvalue weighted by molar-refractivity contribution is -0.116. The van der Waals surface area contributed by atoms with Gasteiger partial charge in [0.05, 0.1) is 25.5 Å². The number of methoxy groups -OCH3 is 2. The van der Waals surface area contributed by atoms with Gasteiger partial charge in [0.1, 0.15) is 18.1 Å². The molecular formula is C24H26N2O5. The summed E-state index contributed by atoms with van der Waals surface area (Å²) in [6.45, 7) is 4.44. The Kier molecular flexibility index (Phi) is 7.32. The summed E-state index contributed by atoms with van der Waals surface area (Å²) in [4.78, 5) is 12.2. The summed E-state index contributed by atoms with van der Waals surface area (Å²) in [6, 6.07) is 13.0. The molecule has 3 rings (SSSR count). The van der Waals surface area contributed by atoms with Crippen molar-refractivity contribution in [1.82, 2.24) is 10.5 Å². The van der Waals surface area contributed by atoms with Gasteiger partial charge in [-0.1, -0.05) is 29.4 Å². The third-order valence-electron chi connectivity index (χ3n) is 4.81. The second kappa shape index (κ2) is 10.3. The number of ether oxygens (including phenoxy) is 3. The SMILES string of the molecule is COc1ccccc1CNC(=O)/C=C/c1ccc(OCc2c(C)noc2C)c(OC)c1. The molecule has 0 saturated heterocycles. The molecule has 1 heterocycles. The van der Waals surface area contributed by atoms with Gasteiger partial charge in [-0.2, -0.15) is 0 Å². The maximum absolute atomic E-state index is 12.2. The third kappa shape index (κ3) is 5.66. The first-order chi connectivity index (χ1) is 15.0. The molecule has 0 unspecified atom stereocenters. The molecule has 1 aromatic heterocycles. The van der Waals surface area contributed by atoms with Crippen molar-refractivity contribution in [2.24, 2.45) is 0 Å². The number of hydrogen-bond donors (Lipinski definition) is 1. The largest absolute Gasteiger partial charge is 0.496 e. The molecule has 0 aliphatic rings. The average molecular weight is 422 g/mol. The first-order valence-corrected chi connectivity index (χ1v) is 9.82. The van der Waals surface area contributed by atoms with Gasteiger partial charge < -0.3 is 24.1 Å². The van der Waals surface area contributed by atoms with E-state index >= 15 is 0 Å². The van der Waals surface area contributed by atoms with Gasteiger partial charge in [-0.05, 0) is 43.7 Å². The number of aryl methyl sites for hydroxylation is 2. The molecule has 7 heteroatoms. The van der Waals surface area contributed by atoms with Gasteiger partial charge in [-0.25, -0.2) is 0 Å². The van der Waals surface area contributed by atoms with E-state index in [4.69, 9.17) is 18.7 Å². The van der Waals surface area contributed by atoms with Crippen molar-refractivity contribution in [3.8, 4) is 17.2 Å². The molecule has 0 bridgehead atoms. The van der Waals surface area contributed by atoms with Crippen LogP contribution in [0.3, 0.4) is 0 Å². The zero-order chi connectivity index (χ0) is 22.2. The minimum atomic E-state index is -0.205. The van der Waals surface area contributed by atoms with E-state index in [0.29, 0.717) is 24.7 Å². The molecule has 0 radical (unpaired) electrons. The highest BCUT2D eigenvalue weighted by Gasteiger charge is 2.12. The number of hydrogen-bond acceptors (Lipinski definition) is 6. The Morgan fingerprint density at radius 3 is 2.55 bits per heavy atom. The van der Waals surface area contributed by atoms with Gasteiger partial charge in [0.15, 0.2) is 11.5 Å². The molecule has 1 N–H and O–H groups in total. The van der Waals surface area contributed by atoms with Crippen LogP contribution in [0.25, 0.3) is 6.08 Å². The molecule has 3 aromatic rings. The summed E-state index contributed by atoms with van der Waals surface area (Å²) in [5.41, 5.74) is 3.44. The number of para-hydroxylation sites is 1. The number of carbonyl (C=O) groups is 1. The summed E-state index contributed by atoms with van der Waals surface area (Å²) >= 11 is 0. The van der Waals surface area contributed by atoms with Gasteiger partial charge in [0.25, 0.3) is 0 Å². The minimum Gasteiger partial charge on any atom is -0.496 e. The third-order valence-corrected chi connectivity index (χ3v) is 4.81. The van der Waals surface area contributed by atoms with Crippen molar-refractivity contribution in [1.29, 1.82) is 0 Å². The quantitative estimate of drug-likeness (QED) is 0.520. The number of nitrogens with zero attached hydrogens (tertiary/aromatic N) is 1. The lowest BCUT2D eigenvalue weighted by Crippen LogP contribution is -2.20. The van der Waals surface area contributed by atoms with E-state index in [1.807, 2.05) is 56.3 Å². The van der Waals surface area contributed by atoms with Crippen molar-refractivity contribution in [2.75, 3.05) is 14.2 Å². The summed E-state index contributed by atoms with van der Waals surface area (Å²) in [6.07, 6.45) is 3.20. The average Bonchev–Trinajstić information content (AvgIpc) is 3.12. The zero-order valence-electron chi connectivity index (χ0n) is 18.1. The van der Waals surface area contributed by atoms with Crippen molar-refractivity contribution in [2.45, 2.75) is 27.0 Å². The van der Waals surface area contributed by atoms with E-state index in [-0.39, 0.29) is 5.91 Å². The molecule has 7 nitrogen and oxygen atoms in total. The van der Waals surface area contributed by atoms with Crippen molar-refractivity contribution >= 4 is 12.0 Å². The minimum absolute atomic E-state index is 0.205. The number of amides is 1. The predicted octanol–water partition coefficient (Wildman–Crippen LogP) is 4.22. The molecular weight excluding hydrogens is 396 g/mol. The Bertz CT molecular complexity index is 1050. The Morgan fingerprint density at radius 1 is 1.06 bits per heavy atom. The van der Waals surface area contributed by atoms with E-state index in [2.05, 4.69) is 10.5 Å². The van der Waals surface area contributed by atoms with Crippen molar-refractivity contribution < 1.29 is 23.5 Å².